The first-order chi connectivity index (χ1) is 12.6. The maximum Gasteiger partial charge on any atom is 0.417 e. The third kappa shape index (κ3) is 2.27. The highest BCUT2D eigenvalue weighted by Gasteiger charge is 2.35. The molecule has 7 heteroatoms. The van der Waals surface area contributed by atoms with Crippen molar-refractivity contribution in [2.24, 2.45) is 0 Å². The number of halogens is 1. The molecule has 6 nitrogen and oxygen atoms in total. The van der Waals surface area contributed by atoms with Gasteiger partial charge in [0, 0.05) is 17.0 Å². The molecule has 0 atom stereocenters. The maximum absolute atomic E-state index is 13.2. The highest BCUT2D eigenvalue weighted by Crippen LogP contribution is 2.34. The lowest BCUT2D eigenvalue weighted by atomic mass is 9.91. The highest BCUT2D eigenvalue weighted by molar-refractivity contribution is 5.83. The molecule has 132 valence electrons. The maximum atomic E-state index is 13.2. The Labute approximate surface area is 149 Å². The Morgan fingerprint density at radius 1 is 1.23 bits per heavy atom. The van der Waals surface area contributed by atoms with Crippen molar-refractivity contribution < 1.29 is 13.9 Å². The second-order valence-corrected chi connectivity index (χ2v) is 6.88. The van der Waals surface area contributed by atoms with Crippen molar-refractivity contribution in [3.63, 3.8) is 0 Å². The van der Waals surface area contributed by atoms with E-state index in [1.54, 1.807) is 21.7 Å². The molecule has 2 aliphatic rings. The van der Waals surface area contributed by atoms with E-state index >= 15 is 0 Å². The fourth-order valence-corrected chi connectivity index (χ4v) is 3.54. The lowest BCUT2D eigenvalue weighted by Gasteiger charge is -2.38. The van der Waals surface area contributed by atoms with Gasteiger partial charge in [-0.05, 0) is 56.5 Å². The topological polar surface area (TPSA) is 60.2 Å². The molecule has 1 amide bonds. The largest absolute Gasteiger partial charge is 0.417 e. The minimum atomic E-state index is -0.335. The fraction of sp³-hybridized carbons (Fsp3) is 0.316. The van der Waals surface area contributed by atoms with Crippen LogP contribution in [0.1, 0.15) is 30.5 Å². The Morgan fingerprint density at radius 3 is 2.69 bits per heavy atom. The molecule has 1 fully saturated rings. The van der Waals surface area contributed by atoms with Gasteiger partial charge in [-0.3, -0.25) is 0 Å². The van der Waals surface area contributed by atoms with Crippen LogP contribution in [0.2, 0.25) is 0 Å². The molecule has 1 saturated carbocycles. The first kappa shape index (κ1) is 15.3. The Morgan fingerprint density at radius 2 is 2.00 bits per heavy atom. The zero-order valence-corrected chi connectivity index (χ0v) is 14.3. The van der Waals surface area contributed by atoms with Crippen LogP contribution in [0.3, 0.4) is 0 Å². The molecule has 3 heterocycles. The van der Waals surface area contributed by atoms with Crippen molar-refractivity contribution in [3.8, 4) is 11.6 Å². The standard InChI is InChI=1S/C19H17FN4O2/c1-11-16-9-12-10-23(14-3-2-4-14)19(25)26-18(12)21-17(16)24(22-11)15-7-5-13(20)6-8-15/h5-9,14H,2-4,10H2,1H3. The first-order valence-electron chi connectivity index (χ1n) is 8.74. The highest BCUT2D eigenvalue weighted by atomic mass is 19.1. The van der Waals surface area contributed by atoms with Gasteiger partial charge in [0.05, 0.1) is 17.9 Å². The fourth-order valence-electron chi connectivity index (χ4n) is 3.54. The van der Waals surface area contributed by atoms with E-state index in [2.05, 4.69) is 10.1 Å². The molecular formula is C19H17FN4O2. The molecule has 1 aliphatic heterocycles. The number of ether oxygens (including phenoxy) is 1. The average Bonchev–Trinajstić information content (AvgIpc) is 2.89. The molecule has 1 aromatic carbocycles. The number of aryl methyl sites for hydroxylation is 1. The molecule has 0 radical (unpaired) electrons. The molecule has 0 bridgehead atoms. The molecule has 1 aliphatic carbocycles. The van der Waals surface area contributed by atoms with Crippen LogP contribution in [0.4, 0.5) is 9.18 Å². The van der Waals surface area contributed by atoms with Crippen molar-refractivity contribution in [3.05, 3.63) is 47.4 Å². The Balaban J connectivity index is 1.61. The van der Waals surface area contributed by atoms with Crippen LogP contribution in [0.5, 0.6) is 5.88 Å². The summed E-state index contributed by atoms with van der Waals surface area (Å²) in [5.74, 6) is 0.0265. The number of pyridine rings is 1. The minimum Gasteiger partial charge on any atom is -0.391 e. The van der Waals surface area contributed by atoms with Gasteiger partial charge in [-0.15, -0.1) is 0 Å². The van der Waals surface area contributed by atoms with Gasteiger partial charge in [-0.1, -0.05) is 0 Å². The van der Waals surface area contributed by atoms with Crippen LogP contribution < -0.4 is 4.74 Å². The van der Waals surface area contributed by atoms with Crippen LogP contribution in [0.15, 0.2) is 30.3 Å². The third-order valence-corrected chi connectivity index (χ3v) is 5.23. The predicted molar refractivity (Wildman–Crippen MR) is 92.8 cm³/mol. The number of rotatable bonds is 2. The number of nitrogens with zero attached hydrogens (tertiary/aromatic N) is 4. The lowest BCUT2D eigenvalue weighted by molar-refractivity contribution is 0.0861. The van der Waals surface area contributed by atoms with Crippen molar-refractivity contribution in [2.75, 3.05) is 0 Å². The molecule has 0 unspecified atom stereocenters. The van der Waals surface area contributed by atoms with Crippen LogP contribution >= 0.6 is 0 Å². The van der Waals surface area contributed by atoms with Gasteiger partial charge in [0.1, 0.15) is 5.82 Å². The number of fused-ring (bicyclic) bond motifs is 2. The van der Waals surface area contributed by atoms with E-state index in [0.29, 0.717) is 23.8 Å². The van der Waals surface area contributed by atoms with Gasteiger partial charge in [-0.2, -0.15) is 10.1 Å². The van der Waals surface area contributed by atoms with Crippen molar-refractivity contribution in [2.45, 2.75) is 38.8 Å². The number of aromatic nitrogens is 3. The van der Waals surface area contributed by atoms with Crippen molar-refractivity contribution in [1.82, 2.24) is 19.7 Å². The third-order valence-electron chi connectivity index (χ3n) is 5.23. The quantitative estimate of drug-likeness (QED) is 0.705. The summed E-state index contributed by atoms with van der Waals surface area (Å²) in [4.78, 5) is 18.7. The van der Waals surface area contributed by atoms with Gasteiger partial charge in [0.15, 0.2) is 5.65 Å². The van der Waals surface area contributed by atoms with Gasteiger partial charge in [-0.25, -0.2) is 13.9 Å². The first-order valence-corrected chi connectivity index (χ1v) is 8.74. The second kappa shape index (κ2) is 5.52. The Kier molecular flexibility index (Phi) is 3.25. The zero-order valence-electron chi connectivity index (χ0n) is 14.3. The number of hydrogen-bond acceptors (Lipinski definition) is 4. The summed E-state index contributed by atoms with van der Waals surface area (Å²) >= 11 is 0. The van der Waals surface area contributed by atoms with E-state index in [9.17, 15) is 9.18 Å². The van der Waals surface area contributed by atoms with Gasteiger partial charge in [0.25, 0.3) is 0 Å². The van der Waals surface area contributed by atoms with Gasteiger partial charge >= 0.3 is 6.09 Å². The number of benzene rings is 1. The van der Waals surface area contributed by atoms with E-state index in [-0.39, 0.29) is 18.0 Å². The lowest BCUT2D eigenvalue weighted by Crippen LogP contribution is -2.47. The normalized spacial score (nSPS) is 17.2. The number of amides is 1. The van der Waals surface area contributed by atoms with Crippen molar-refractivity contribution in [1.29, 1.82) is 0 Å². The zero-order chi connectivity index (χ0) is 17.8. The number of hydrogen-bond donors (Lipinski definition) is 0. The monoisotopic (exact) mass is 352 g/mol. The van der Waals surface area contributed by atoms with E-state index in [1.807, 2.05) is 13.0 Å². The smallest absolute Gasteiger partial charge is 0.391 e. The summed E-state index contributed by atoms with van der Waals surface area (Å²) in [5, 5.41) is 5.44. The SMILES string of the molecule is Cc1nn(-c2ccc(F)cc2)c2nc3c(cc12)CN(C1CCC1)C(=O)O3. The number of carbonyl (C=O) groups is 1. The second-order valence-electron chi connectivity index (χ2n) is 6.88. The number of carbonyl (C=O) groups excluding carboxylic acids is 1. The molecule has 2 aromatic heterocycles. The van der Waals surface area contributed by atoms with Crippen LogP contribution in [0.25, 0.3) is 16.7 Å². The summed E-state index contributed by atoms with van der Waals surface area (Å²) in [7, 11) is 0. The van der Waals surface area contributed by atoms with E-state index in [0.717, 1.165) is 35.9 Å². The summed E-state index contributed by atoms with van der Waals surface area (Å²) in [6.45, 7) is 2.43. The molecule has 0 N–H and O–H groups in total. The van der Waals surface area contributed by atoms with E-state index in [4.69, 9.17) is 4.74 Å². The minimum absolute atomic E-state index is 0.273. The Hall–Kier alpha value is -2.96. The van der Waals surface area contributed by atoms with Crippen LogP contribution in [0, 0.1) is 12.7 Å². The average molecular weight is 352 g/mol. The molecule has 3 aromatic rings. The molecule has 0 spiro atoms. The molecule has 26 heavy (non-hydrogen) atoms. The van der Waals surface area contributed by atoms with Gasteiger partial charge < -0.3 is 9.64 Å². The molecular weight excluding hydrogens is 335 g/mol. The van der Waals surface area contributed by atoms with Crippen LogP contribution in [-0.2, 0) is 6.54 Å². The summed E-state index contributed by atoms with van der Waals surface area (Å²) in [5.41, 5.74) is 3.02. The summed E-state index contributed by atoms with van der Waals surface area (Å²) in [6.07, 6.45) is 2.88. The summed E-state index contributed by atoms with van der Waals surface area (Å²) in [6, 6.07) is 8.33. The van der Waals surface area contributed by atoms with Crippen molar-refractivity contribution >= 4 is 17.1 Å². The molecule has 0 saturated heterocycles. The summed E-state index contributed by atoms with van der Waals surface area (Å²) < 4.78 is 20.4. The van der Waals surface area contributed by atoms with Gasteiger partial charge in [0.2, 0.25) is 5.88 Å². The van der Waals surface area contributed by atoms with E-state index in [1.165, 1.54) is 12.1 Å². The van der Waals surface area contributed by atoms with Crippen LogP contribution in [-0.4, -0.2) is 31.8 Å². The van der Waals surface area contributed by atoms with E-state index < -0.39 is 0 Å². The Bertz CT molecular complexity index is 1020. The predicted octanol–water partition coefficient (Wildman–Crippen LogP) is 3.73. The molecule has 5 rings (SSSR count).